The lowest BCUT2D eigenvalue weighted by Crippen LogP contribution is -2.47. The maximum absolute atomic E-state index is 13.2. The van der Waals surface area contributed by atoms with E-state index in [1.807, 2.05) is 7.05 Å². The Morgan fingerprint density at radius 1 is 1.00 bits per heavy atom. The van der Waals surface area contributed by atoms with Gasteiger partial charge in [-0.15, -0.1) is 0 Å². The van der Waals surface area contributed by atoms with E-state index in [1.54, 1.807) is 54.7 Å². The van der Waals surface area contributed by atoms with E-state index in [0.717, 1.165) is 13.1 Å². The van der Waals surface area contributed by atoms with Crippen LogP contribution in [0.5, 0.6) is 5.88 Å². The molecule has 190 valence electrons. The maximum Gasteiger partial charge on any atom is 0.413 e. The molecule has 3 aromatic rings. The van der Waals surface area contributed by atoms with E-state index < -0.39 is 11.7 Å². The average Bonchev–Trinajstić information content (AvgIpc) is 3.29. The van der Waals surface area contributed by atoms with Gasteiger partial charge in [-0.2, -0.15) is 5.10 Å². The number of piperazine rings is 1. The molecule has 0 bridgehead atoms. The maximum atomic E-state index is 13.2. The van der Waals surface area contributed by atoms with Crippen molar-refractivity contribution in [3.63, 3.8) is 0 Å². The van der Waals surface area contributed by atoms with Crippen LogP contribution in [-0.2, 0) is 4.74 Å². The van der Waals surface area contributed by atoms with Crippen molar-refractivity contribution in [2.45, 2.75) is 26.4 Å². The van der Waals surface area contributed by atoms with Crippen LogP contribution in [0.3, 0.4) is 0 Å². The molecule has 0 radical (unpaired) electrons. The number of likely N-dealkylation sites (N-methyl/N-ethyl adjacent to an activating group) is 1. The SMILES string of the molecule is COc1ccc(-n2nc(C(=O)N3CCN(C)CC3)cc2-c2cnc(NC(=O)OC(C)(C)C)cn2)cn1. The Hall–Kier alpha value is -4.06. The molecule has 0 saturated carbocycles. The molecule has 12 heteroatoms. The van der Waals surface area contributed by atoms with Crippen molar-refractivity contribution < 1.29 is 19.1 Å². The first kappa shape index (κ1) is 25.0. The van der Waals surface area contributed by atoms with Gasteiger partial charge in [-0.25, -0.2) is 24.4 Å². The lowest BCUT2D eigenvalue weighted by Gasteiger charge is -2.31. The number of ether oxygens (including phenoxy) is 2. The van der Waals surface area contributed by atoms with Crippen molar-refractivity contribution >= 4 is 17.8 Å². The molecule has 1 fully saturated rings. The van der Waals surface area contributed by atoms with Gasteiger partial charge in [-0.3, -0.25) is 10.1 Å². The summed E-state index contributed by atoms with van der Waals surface area (Å²) >= 11 is 0. The molecule has 3 aromatic heterocycles. The molecule has 36 heavy (non-hydrogen) atoms. The van der Waals surface area contributed by atoms with E-state index in [1.165, 1.54) is 19.5 Å². The summed E-state index contributed by atoms with van der Waals surface area (Å²) < 4.78 is 12.0. The first-order chi connectivity index (χ1) is 17.1. The highest BCUT2D eigenvalue weighted by atomic mass is 16.6. The molecule has 0 aromatic carbocycles. The number of hydrogen-bond donors (Lipinski definition) is 1. The third-order valence-corrected chi connectivity index (χ3v) is 5.44. The third kappa shape index (κ3) is 5.95. The predicted octanol–water partition coefficient (Wildman–Crippen LogP) is 2.47. The van der Waals surface area contributed by atoms with Crippen LogP contribution in [0.4, 0.5) is 10.6 Å². The molecule has 0 atom stereocenters. The molecule has 1 N–H and O–H groups in total. The van der Waals surface area contributed by atoms with Gasteiger partial charge in [0.2, 0.25) is 5.88 Å². The zero-order chi connectivity index (χ0) is 25.9. The van der Waals surface area contributed by atoms with Crippen LogP contribution in [0, 0.1) is 0 Å². The van der Waals surface area contributed by atoms with Crippen LogP contribution in [-0.4, -0.2) is 92.5 Å². The van der Waals surface area contributed by atoms with E-state index in [4.69, 9.17) is 9.47 Å². The fourth-order valence-electron chi connectivity index (χ4n) is 3.59. The molecule has 0 unspecified atom stereocenters. The van der Waals surface area contributed by atoms with E-state index in [0.29, 0.717) is 41.7 Å². The zero-order valence-electron chi connectivity index (χ0n) is 21.1. The Balaban J connectivity index is 1.64. The van der Waals surface area contributed by atoms with Crippen molar-refractivity contribution in [3.05, 3.63) is 42.5 Å². The van der Waals surface area contributed by atoms with Gasteiger partial charge in [0.05, 0.1) is 37.1 Å². The molecule has 0 aliphatic carbocycles. The summed E-state index contributed by atoms with van der Waals surface area (Å²) in [5, 5.41) is 7.15. The molecular formula is C24H30N8O4. The number of carbonyl (C=O) groups excluding carboxylic acids is 2. The fraction of sp³-hybridized carbons (Fsp3) is 0.417. The average molecular weight is 495 g/mol. The number of hydrogen-bond acceptors (Lipinski definition) is 9. The number of carbonyl (C=O) groups is 2. The van der Waals surface area contributed by atoms with Crippen molar-refractivity contribution in [2.75, 3.05) is 45.7 Å². The Morgan fingerprint density at radius 3 is 2.33 bits per heavy atom. The molecular weight excluding hydrogens is 464 g/mol. The Labute approximate surface area is 209 Å². The highest BCUT2D eigenvalue weighted by molar-refractivity contribution is 5.93. The summed E-state index contributed by atoms with van der Waals surface area (Å²) in [4.78, 5) is 42.2. The number of amides is 2. The first-order valence-corrected chi connectivity index (χ1v) is 11.5. The fourth-order valence-corrected chi connectivity index (χ4v) is 3.59. The molecule has 0 spiro atoms. The van der Waals surface area contributed by atoms with Gasteiger partial charge in [0.1, 0.15) is 11.3 Å². The summed E-state index contributed by atoms with van der Waals surface area (Å²) in [6.07, 6.45) is 3.90. The van der Waals surface area contributed by atoms with Crippen LogP contribution in [0.15, 0.2) is 36.8 Å². The second-order valence-corrected chi connectivity index (χ2v) is 9.39. The minimum absolute atomic E-state index is 0.152. The van der Waals surface area contributed by atoms with E-state index in [-0.39, 0.29) is 11.7 Å². The van der Waals surface area contributed by atoms with Crippen LogP contribution < -0.4 is 10.1 Å². The number of anilines is 1. The Morgan fingerprint density at radius 2 is 1.75 bits per heavy atom. The number of pyridine rings is 1. The van der Waals surface area contributed by atoms with Crippen LogP contribution in [0.1, 0.15) is 31.3 Å². The monoisotopic (exact) mass is 494 g/mol. The molecule has 4 rings (SSSR count). The molecule has 12 nitrogen and oxygen atoms in total. The minimum Gasteiger partial charge on any atom is -0.481 e. The highest BCUT2D eigenvalue weighted by Gasteiger charge is 2.25. The highest BCUT2D eigenvalue weighted by Crippen LogP contribution is 2.24. The van der Waals surface area contributed by atoms with Gasteiger partial charge in [0.15, 0.2) is 11.5 Å². The standard InChI is InChI=1S/C24H30N8O4/c1-24(2,3)36-23(34)28-20-15-25-18(14-26-20)19-12-17(22(33)31-10-8-30(4)9-11-31)29-32(19)16-6-7-21(35-5)27-13-16/h6-7,12-15H,8-11H2,1-5H3,(H,26,28,34). The second-order valence-electron chi connectivity index (χ2n) is 9.39. The molecule has 1 saturated heterocycles. The topological polar surface area (TPSA) is 128 Å². The van der Waals surface area contributed by atoms with Gasteiger partial charge in [-0.1, -0.05) is 0 Å². The first-order valence-electron chi connectivity index (χ1n) is 11.5. The molecule has 4 heterocycles. The van der Waals surface area contributed by atoms with Crippen molar-refractivity contribution in [2.24, 2.45) is 0 Å². The van der Waals surface area contributed by atoms with E-state index in [9.17, 15) is 9.59 Å². The van der Waals surface area contributed by atoms with Gasteiger partial charge in [-0.05, 0) is 40.0 Å². The lowest BCUT2D eigenvalue weighted by atomic mass is 10.2. The number of nitrogens with zero attached hydrogens (tertiary/aromatic N) is 7. The van der Waals surface area contributed by atoms with Crippen LogP contribution in [0.25, 0.3) is 17.1 Å². The number of methoxy groups -OCH3 is 1. The van der Waals surface area contributed by atoms with Crippen molar-refractivity contribution in [3.8, 4) is 23.0 Å². The second kappa shape index (κ2) is 10.3. The third-order valence-electron chi connectivity index (χ3n) is 5.44. The number of nitrogens with one attached hydrogen (secondary N) is 1. The normalized spacial score (nSPS) is 14.4. The van der Waals surface area contributed by atoms with Crippen molar-refractivity contribution in [1.82, 2.24) is 34.5 Å². The minimum atomic E-state index is -0.636. The smallest absolute Gasteiger partial charge is 0.413 e. The summed E-state index contributed by atoms with van der Waals surface area (Å²) in [6.45, 7) is 8.20. The van der Waals surface area contributed by atoms with Gasteiger partial charge in [0, 0.05) is 32.2 Å². The van der Waals surface area contributed by atoms with Crippen LogP contribution >= 0.6 is 0 Å². The molecule has 2 amide bonds. The summed E-state index contributed by atoms with van der Waals surface area (Å²) in [6, 6.07) is 5.19. The van der Waals surface area contributed by atoms with E-state index in [2.05, 4.69) is 30.3 Å². The Kier molecular flexibility index (Phi) is 7.15. The largest absolute Gasteiger partial charge is 0.481 e. The van der Waals surface area contributed by atoms with Crippen LogP contribution in [0.2, 0.25) is 0 Å². The van der Waals surface area contributed by atoms with E-state index >= 15 is 0 Å². The quantitative estimate of drug-likeness (QED) is 0.569. The summed E-state index contributed by atoms with van der Waals surface area (Å²) in [5.74, 6) is 0.540. The van der Waals surface area contributed by atoms with Gasteiger partial charge >= 0.3 is 6.09 Å². The Bertz CT molecular complexity index is 1210. The zero-order valence-corrected chi connectivity index (χ0v) is 21.1. The van der Waals surface area contributed by atoms with Gasteiger partial charge < -0.3 is 19.3 Å². The molecule has 1 aliphatic heterocycles. The number of aromatic nitrogens is 5. The van der Waals surface area contributed by atoms with Crippen molar-refractivity contribution in [1.29, 1.82) is 0 Å². The number of rotatable bonds is 5. The molecule has 1 aliphatic rings. The predicted molar refractivity (Wildman–Crippen MR) is 132 cm³/mol. The van der Waals surface area contributed by atoms with Gasteiger partial charge in [0.25, 0.3) is 5.91 Å². The summed E-state index contributed by atoms with van der Waals surface area (Å²) in [7, 11) is 3.57. The lowest BCUT2D eigenvalue weighted by molar-refractivity contribution is 0.0632. The summed E-state index contributed by atoms with van der Waals surface area (Å²) in [5.41, 5.74) is 1.30.